The molecular formula is C20H20FN3O3. The van der Waals surface area contributed by atoms with Crippen molar-refractivity contribution in [1.82, 2.24) is 15.5 Å². The molecule has 0 radical (unpaired) electrons. The van der Waals surface area contributed by atoms with Crippen molar-refractivity contribution >= 4 is 17.8 Å². The van der Waals surface area contributed by atoms with Gasteiger partial charge in [-0.05, 0) is 37.1 Å². The summed E-state index contributed by atoms with van der Waals surface area (Å²) < 4.78 is 13.0. The second-order valence-corrected chi connectivity index (χ2v) is 6.65. The van der Waals surface area contributed by atoms with Crippen molar-refractivity contribution in [2.45, 2.75) is 25.4 Å². The molecule has 2 aromatic carbocycles. The maximum Gasteiger partial charge on any atom is 0.325 e. The van der Waals surface area contributed by atoms with Gasteiger partial charge in [-0.1, -0.05) is 42.5 Å². The van der Waals surface area contributed by atoms with Gasteiger partial charge >= 0.3 is 6.03 Å². The van der Waals surface area contributed by atoms with Crippen LogP contribution < -0.4 is 10.6 Å². The Hall–Kier alpha value is -3.22. The first-order valence-corrected chi connectivity index (χ1v) is 8.56. The van der Waals surface area contributed by atoms with Crippen LogP contribution in [0, 0.1) is 5.82 Å². The molecule has 6 nitrogen and oxygen atoms in total. The zero-order valence-electron chi connectivity index (χ0n) is 15.0. The summed E-state index contributed by atoms with van der Waals surface area (Å²) in [6, 6.07) is 13.6. The average Bonchev–Trinajstić information content (AvgIpc) is 2.87. The molecule has 1 fully saturated rings. The fraction of sp³-hybridized carbons (Fsp3) is 0.250. The summed E-state index contributed by atoms with van der Waals surface area (Å²) in [6.45, 7) is 2.96. The molecule has 2 aromatic rings. The van der Waals surface area contributed by atoms with Crippen LogP contribution in [0.3, 0.4) is 0 Å². The summed E-state index contributed by atoms with van der Waals surface area (Å²) in [5, 5.41) is 5.37. The number of rotatable bonds is 5. The van der Waals surface area contributed by atoms with Crippen molar-refractivity contribution in [2.75, 3.05) is 6.54 Å². The molecule has 0 aromatic heterocycles. The van der Waals surface area contributed by atoms with Gasteiger partial charge in [-0.2, -0.15) is 0 Å². The summed E-state index contributed by atoms with van der Waals surface area (Å²) in [4.78, 5) is 38.3. The van der Waals surface area contributed by atoms with Crippen LogP contribution in [0.15, 0.2) is 54.6 Å². The lowest BCUT2D eigenvalue weighted by molar-refractivity contribution is -0.135. The summed E-state index contributed by atoms with van der Waals surface area (Å²) in [6.07, 6.45) is 0. The zero-order valence-corrected chi connectivity index (χ0v) is 15.0. The van der Waals surface area contributed by atoms with Gasteiger partial charge < -0.3 is 10.6 Å². The third kappa shape index (κ3) is 3.67. The normalized spacial score (nSPS) is 20.3. The van der Waals surface area contributed by atoms with Gasteiger partial charge in [-0.25, -0.2) is 9.18 Å². The van der Waals surface area contributed by atoms with E-state index in [-0.39, 0.29) is 11.9 Å². The quantitative estimate of drug-likeness (QED) is 0.795. The van der Waals surface area contributed by atoms with Crippen molar-refractivity contribution in [3.05, 3.63) is 71.5 Å². The van der Waals surface area contributed by atoms with E-state index in [1.807, 2.05) is 6.07 Å². The van der Waals surface area contributed by atoms with Gasteiger partial charge in [0.15, 0.2) is 0 Å². The van der Waals surface area contributed by atoms with Gasteiger partial charge in [0, 0.05) is 0 Å². The van der Waals surface area contributed by atoms with Crippen LogP contribution >= 0.6 is 0 Å². The second kappa shape index (κ2) is 7.19. The van der Waals surface area contributed by atoms with Crippen LogP contribution in [0.25, 0.3) is 0 Å². The predicted molar refractivity (Wildman–Crippen MR) is 97.0 cm³/mol. The molecule has 3 rings (SSSR count). The lowest BCUT2D eigenvalue weighted by atomic mass is 9.92. The number of hydrogen-bond donors (Lipinski definition) is 2. The maximum absolute atomic E-state index is 13.0. The number of urea groups is 1. The van der Waals surface area contributed by atoms with Gasteiger partial charge in [0.2, 0.25) is 5.91 Å². The van der Waals surface area contributed by atoms with Crippen LogP contribution in [-0.2, 0) is 15.1 Å². The summed E-state index contributed by atoms with van der Waals surface area (Å²) in [5.41, 5.74) is 0.156. The van der Waals surface area contributed by atoms with E-state index in [9.17, 15) is 18.8 Å². The van der Waals surface area contributed by atoms with E-state index in [0.717, 1.165) is 10.5 Å². The van der Waals surface area contributed by atoms with Crippen molar-refractivity contribution in [2.24, 2.45) is 0 Å². The lowest BCUT2D eigenvalue weighted by Crippen LogP contribution is -2.43. The third-order valence-electron chi connectivity index (χ3n) is 4.68. The van der Waals surface area contributed by atoms with Gasteiger partial charge in [0.25, 0.3) is 5.91 Å². The molecule has 1 heterocycles. The molecule has 0 aliphatic carbocycles. The summed E-state index contributed by atoms with van der Waals surface area (Å²) in [5.74, 6) is -1.33. The monoisotopic (exact) mass is 369 g/mol. The van der Waals surface area contributed by atoms with E-state index in [2.05, 4.69) is 10.6 Å². The van der Waals surface area contributed by atoms with E-state index >= 15 is 0 Å². The zero-order chi connectivity index (χ0) is 19.6. The molecule has 7 heteroatoms. The van der Waals surface area contributed by atoms with Crippen LogP contribution in [0.4, 0.5) is 9.18 Å². The fourth-order valence-electron chi connectivity index (χ4n) is 3.07. The summed E-state index contributed by atoms with van der Waals surface area (Å²) in [7, 11) is 0. The molecule has 1 aliphatic rings. The van der Waals surface area contributed by atoms with E-state index in [1.54, 1.807) is 50.2 Å². The molecule has 2 N–H and O–H groups in total. The fourth-order valence-corrected chi connectivity index (χ4v) is 3.07. The minimum atomic E-state index is -1.21. The van der Waals surface area contributed by atoms with Crippen LogP contribution in [0.1, 0.15) is 31.0 Å². The molecule has 1 aliphatic heterocycles. The Morgan fingerprint density at radius 2 is 1.78 bits per heavy atom. The average molecular weight is 369 g/mol. The molecule has 140 valence electrons. The number of hydrogen-bond acceptors (Lipinski definition) is 3. The molecular weight excluding hydrogens is 349 g/mol. The Kier molecular flexibility index (Phi) is 4.94. The number of imide groups is 1. The first-order chi connectivity index (χ1) is 12.8. The number of benzene rings is 2. The van der Waals surface area contributed by atoms with E-state index in [0.29, 0.717) is 5.56 Å². The molecule has 4 amide bonds. The first kappa shape index (κ1) is 18.6. The highest BCUT2D eigenvalue weighted by atomic mass is 19.1. The molecule has 0 bridgehead atoms. The standard InChI is InChI=1S/C20H20FN3O3/c1-13(14-8-10-16(21)11-9-14)22-17(25)12-24-18(26)20(2,23-19(24)27)15-6-4-3-5-7-15/h3-11,13H,12H2,1-2H3,(H,22,25)(H,23,27)/t13-,20+/m1/s1. The molecule has 0 saturated carbocycles. The second-order valence-electron chi connectivity index (χ2n) is 6.65. The summed E-state index contributed by atoms with van der Waals surface area (Å²) >= 11 is 0. The Morgan fingerprint density at radius 3 is 2.41 bits per heavy atom. The van der Waals surface area contributed by atoms with Gasteiger partial charge in [-0.3, -0.25) is 14.5 Å². The maximum atomic E-state index is 13.0. The highest BCUT2D eigenvalue weighted by molar-refractivity contribution is 6.09. The number of carbonyl (C=O) groups excluding carboxylic acids is 3. The van der Waals surface area contributed by atoms with Gasteiger partial charge in [-0.15, -0.1) is 0 Å². The van der Waals surface area contributed by atoms with Crippen LogP contribution in [-0.4, -0.2) is 29.3 Å². The SMILES string of the molecule is C[C@@H](NC(=O)CN1C(=O)N[C@@](C)(c2ccccc2)C1=O)c1ccc(F)cc1. The van der Waals surface area contributed by atoms with E-state index < -0.39 is 29.9 Å². The molecule has 0 unspecified atom stereocenters. The van der Waals surface area contributed by atoms with Crippen LogP contribution in [0.5, 0.6) is 0 Å². The third-order valence-corrected chi connectivity index (χ3v) is 4.68. The van der Waals surface area contributed by atoms with Crippen molar-refractivity contribution in [3.8, 4) is 0 Å². The largest absolute Gasteiger partial charge is 0.348 e. The minimum absolute atomic E-state index is 0.364. The smallest absolute Gasteiger partial charge is 0.325 e. The minimum Gasteiger partial charge on any atom is -0.348 e. The number of halogens is 1. The number of nitrogens with one attached hydrogen (secondary N) is 2. The Bertz CT molecular complexity index is 870. The lowest BCUT2D eigenvalue weighted by Gasteiger charge is -2.22. The molecule has 0 spiro atoms. The highest BCUT2D eigenvalue weighted by Gasteiger charge is 2.49. The molecule has 1 saturated heterocycles. The number of carbonyl (C=O) groups is 3. The Labute approximate surface area is 156 Å². The van der Waals surface area contributed by atoms with Crippen molar-refractivity contribution in [3.63, 3.8) is 0 Å². The Balaban J connectivity index is 1.68. The van der Waals surface area contributed by atoms with Crippen molar-refractivity contribution in [1.29, 1.82) is 0 Å². The van der Waals surface area contributed by atoms with Crippen LogP contribution in [0.2, 0.25) is 0 Å². The predicted octanol–water partition coefficient (Wildman–Crippen LogP) is 2.47. The highest BCUT2D eigenvalue weighted by Crippen LogP contribution is 2.28. The molecule has 2 atom stereocenters. The molecule has 27 heavy (non-hydrogen) atoms. The number of nitrogens with zero attached hydrogens (tertiary/aromatic N) is 1. The first-order valence-electron chi connectivity index (χ1n) is 8.56. The van der Waals surface area contributed by atoms with Gasteiger partial charge in [0.05, 0.1) is 6.04 Å². The van der Waals surface area contributed by atoms with E-state index in [1.165, 1.54) is 12.1 Å². The van der Waals surface area contributed by atoms with Gasteiger partial charge in [0.1, 0.15) is 17.9 Å². The van der Waals surface area contributed by atoms with E-state index in [4.69, 9.17) is 0 Å². The Morgan fingerprint density at radius 1 is 1.15 bits per heavy atom. The number of amides is 4. The topological polar surface area (TPSA) is 78.5 Å². The van der Waals surface area contributed by atoms with Crippen molar-refractivity contribution < 1.29 is 18.8 Å².